The van der Waals surface area contributed by atoms with E-state index >= 15 is 0 Å². The number of carbonyl (C=O) groups excluding carboxylic acids is 1. The van der Waals surface area contributed by atoms with Crippen LogP contribution in [0.3, 0.4) is 0 Å². The quantitative estimate of drug-likeness (QED) is 0.769. The number of aromatic nitrogens is 3. The van der Waals surface area contributed by atoms with E-state index in [1.807, 2.05) is 47.4 Å². The molecule has 1 atom stereocenters. The number of likely N-dealkylation sites (tertiary alicyclic amines) is 1. The lowest BCUT2D eigenvalue weighted by atomic mass is 9.97. The van der Waals surface area contributed by atoms with E-state index in [2.05, 4.69) is 9.97 Å². The first-order valence-corrected chi connectivity index (χ1v) is 8.90. The first kappa shape index (κ1) is 16.4. The molecular weight excluding hydrogens is 326 g/mol. The number of rotatable bonds is 2. The summed E-state index contributed by atoms with van der Waals surface area (Å²) >= 11 is 0. The molecule has 1 amide bonds. The lowest BCUT2D eigenvalue weighted by Gasteiger charge is -2.35. The van der Waals surface area contributed by atoms with Gasteiger partial charge in [-0.15, -0.1) is 0 Å². The van der Waals surface area contributed by atoms with Gasteiger partial charge in [-0.05, 0) is 50.5 Å². The number of nitrogens with two attached hydrogens (primary N) is 1. The minimum absolute atomic E-state index is 0.0441. The Hall–Kier alpha value is -3.02. The Morgan fingerprint density at radius 1 is 1.08 bits per heavy atom. The van der Waals surface area contributed by atoms with Crippen molar-refractivity contribution in [2.75, 3.05) is 12.3 Å². The van der Waals surface area contributed by atoms with Crippen LogP contribution in [0.4, 0.5) is 5.82 Å². The Morgan fingerprint density at radius 3 is 2.69 bits per heavy atom. The molecule has 1 aromatic carbocycles. The van der Waals surface area contributed by atoms with Crippen LogP contribution in [0.1, 0.15) is 47.2 Å². The molecule has 1 fully saturated rings. The second-order valence-corrected chi connectivity index (χ2v) is 6.64. The van der Waals surface area contributed by atoms with E-state index in [1.54, 1.807) is 6.92 Å². The van der Waals surface area contributed by atoms with Crippen LogP contribution in [0, 0.1) is 6.92 Å². The highest BCUT2D eigenvalue weighted by Gasteiger charge is 2.29. The molecule has 0 radical (unpaired) electrons. The first-order chi connectivity index (χ1) is 12.6. The number of nitrogens with zero attached hydrogens (tertiary/aromatic N) is 4. The number of benzene rings is 1. The third-order valence-corrected chi connectivity index (χ3v) is 4.85. The van der Waals surface area contributed by atoms with E-state index in [0.29, 0.717) is 22.9 Å². The van der Waals surface area contributed by atoms with Crippen LogP contribution in [-0.4, -0.2) is 32.3 Å². The maximum atomic E-state index is 13.0. The van der Waals surface area contributed by atoms with Gasteiger partial charge in [0.05, 0.1) is 17.1 Å². The Kier molecular flexibility index (Phi) is 4.24. The minimum Gasteiger partial charge on any atom is -0.383 e. The van der Waals surface area contributed by atoms with Crippen LogP contribution in [0.5, 0.6) is 0 Å². The Balaban J connectivity index is 1.72. The van der Waals surface area contributed by atoms with Gasteiger partial charge in [0.1, 0.15) is 11.6 Å². The van der Waals surface area contributed by atoms with Crippen LogP contribution >= 0.6 is 0 Å². The van der Waals surface area contributed by atoms with Gasteiger partial charge in [-0.2, -0.15) is 0 Å². The van der Waals surface area contributed by atoms with Gasteiger partial charge in [0.25, 0.3) is 5.91 Å². The molecule has 0 spiro atoms. The average Bonchev–Trinajstić information content (AvgIpc) is 2.67. The number of aryl methyl sites for hydroxylation is 1. The fraction of sp³-hybridized carbons (Fsp3) is 0.300. The fourth-order valence-corrected chi connectivity index (χ4v) is 3.58. The summed E-state index contributed by atoms with van der Waals surface area (Å²) < 4.78 is 0. The monoisotopic (exact) mass is 347 g/mol. The zero-order valence-corrected chi connectivity index (χ0v) is 14.7. The molecule has 6 nitrogen and oxygen atoms in total. The molecule has 3 aromatic rings. The van der Waals surface area contributed by atoms with Gasteiger partial charge in [0.2, 0.25) is 0 Å². The second kappa shape index (κ2) is 6.71. The summed E-state index contributed by atoms with van der Waals surface area (Å²) in [5, 5.41) is 0.746. The van der Waals surface area contributed by atoms with Crippen LogP contribution in [-0.2, 0) is 0 Å². The minimum atomic E-state index is -0.0441. The maximum Gasteiger partial charge on any atom is 0.254 e. The summed E-state index contributed by atoms with van der Waals surface area (Å²) in [5.41, 5.74) is 8.14. The molecule has 1 unspecified atom stereocenters. The molecule has 6 heteroatoms. The predicted octanol–water partition coefficient (Wildman–Crippen LogP) is 3.28. The van der Waals surface area contributed by atoms with Gasteiger partial charge < -0.3 is 10.6 Å². The van der Waals surface area contributed by atoms with E-state index in [0.717, 1.165) is 36.9 Å². The average molecular weight is 347 g/mol. The molecule has 1 aliphatic heterocycles. The molecule has 4 rings (SSSR count). The number of amides is 1. The molecular formula is C20H21N5O. The van der Waals surface area contributed by atoms with Gasteiger partial charge in [-0.25, -0.2) is 15.0 Å². The number of fused-ring (bicyclic) bond motifs is 1. The SMILES string of the molecule is Cc1nc(N)c2ccc(C3CCCCN3C(=O)c3ccccc3)nc2n1. The number of anilines is 1. The highest BCUT2D eigenvalue weighted by molar-refractivity contribution is 5.94. The van der Waals surface area contributed by atoms with Gasteiger partial charge in [0.15, 0.2) is 5.65 Å². The predicted molar refractivity (Wildman–Crippen MR) is 101 cm³/mol. The summed E-state index contributed by atoms with van der Waals surface area (Å²) in [6.07, 6.45) is 2.99. The van der Waals surface area contributed by atoms with Crippen molar-refractivity contribution in [2.45, 2.75) is 32.2 Å². The summed E-state index contributed by atoms with van der Waals surface area (Å²) in [6.45, 7) is 2.54. The largest absolute Gasteiger partial charge is 0.383 e. The highest BCUT2D eigenvalue weighted by Crippen LogP contribution is 2.32. The number of pyridine rings is 1. The molecule has 0 bridgehead atoms. The molecule has 2 N–H and O–H groups in total. The van der Waals surface area contributed by atoms with Crippen LogP contribution in [0.25, 0.3) is 11.0 Å². The Morgan fingerprint density at radius 2 is 1.88 bits per heavy atom. The van der Waals surface area contributed by atoms with Crippen molar-refractivity contribution < 1.29 is 4.79 Å². The number of hydrogen-bond donors (Lipinski definition) is 1. The third kappa shape index (κ3) is 2.98. The van der Waals surface area contributed by atoms with Gasteiger partial charge in [-0.3, -0.25) is 4.79 Å². The van der Waals surface area contributed by atoms with Crippen molar-refractivity contribution in [1.82, 2.24) is 19.9 Å². The smallest absolute Gasteiger partial charge is 0.254 e. The molecule has 1 aliphatic rings. The van der Waals surface area contributed by atoms with Crippen LogP contribution < -0.4 is 5.73 Å². The summed E-state index contributed by atoms with van der Waals surface area (Å²) in [6, 6.07) is 13.2. The number of hydrogen-bond acceptors (Lipinski definition) is 5. The molecule has 1 saturated heterocycles. The van der Waals surface area contributed by atoms with Crippen LogP contribution in [0.2, 0.25) is 0 Å². The van der Waals surface area contributed by atoms with Gasteiger partial charge >= 0.3 is 0 Å². The zero-order chi connectivity index (χ0) is 18.1. The third-order valence-electron chi connectivity index (χ3n) is 4.85. The van der Waals surface area contributed by atoms with Crippen molar-refractivity contribution >= 4 is 22.8 Å². The van der Waals surface area contributed by atoms with Crippen molar-refractivity contribution in [2.24, 2.45) is 0 Å². The molecule has 26 heavy (non-hydrogen) atoms. The van der Waals surface area contributed by atoms with E-state index in [1.165, 1.54) is 0 Å². The van der Waals surface area contributed by atoms with Crippen molar-refractivity contribution in [3.63, 3.8) is 0 Å². The molecule has 3 heterocycles. The van der Waals surface area contributed by atoms with E-state index in [-0.39, 0.29) is 11.9 Å². The Labute approximate surface area is 152 Å². The topological polar surface area (TPSA) is 85.0 Å². The zero-order valence-electron chi connectivity index (χ0n) is 14.7. The molecule has 0 saturated carbocycles. The van der Waals surface area contributed by atoms with E-state index in [4.69, 9.17) is 10.7 Å². The summed E-state index contributed by atoms with van der Waals surface area (Å²) in [5.74, 6) is 1.09. The number of nitrogen functional groups attached to an aromatic ring is 1. The van der Waals surface area contributed by atoms with Gasteiger partial charge in [0, 0.05) is 12.1 Å². The fourth-order valence-electron chi connectivity index (χ4n) is 3.58. The Bertz CT molecular complexity index is 957. The first-order valence-electron chi connectivity index (χ1n) is 8.90. The standard InChI is InChI=1S/C20H21N5O/c1-13-22-18(21)15-10-11-16(24-19(15)23-13)17-9-5-6-12-25(17)20(26)14-7-3-2-4-8-14/h2-4,7-8,10-11,17H,5-6,9,12H2,1H3,(H2,21,22,23,24). The second-order valence-electron chi connectivity index (χ2n) is 6.64. The maximum absolute atomic E-state index is 13.0. The lowest BCUT2D eigenvalue weighted by molar-refractivity contribution is 0.0606. The number of carbonyl (C=O) groups is 1. The van der Waals surface area contributed by atoms with Gasteiger partial charge in [-0.1, -0.05) is 18.2 Å². The molecule has 0 aliphatic carbocycles. The van der Waals surface area contributed by atoms with Crippen molar-refractivity contribution in [1.29, 1.82) is 0 Å². The van der Waals surface area contributed by atoms with Crippen LogP contribution in [0.15, 0.2) is 42.5 Å². The highest BCUT2D eigenvalue weighted by atomic mass is 16.2. The molecule has 132 valence electrons. The molecule has 2 aromatic heterocycles. The number of piperidine rings is 1. The van der Waals surface area contributed by atoms with Crippen molar-refractivity contribution in [3.05, 3.63) is 59.5 Å². The summed E-state index contributed by atoms with van der Waals surface area (Å²) in [4.78, 5) is 28.3. The summed E-state index contributed by atoms with van der Waals surface area (Å²) in [7, 11) is 0. The normalized spacial score (nSPS) is 17.4. The van der Waals surface area contributed by atoms with E-state index < -0.39 is 0 Å². The van der Waals surface area contributed by atoms with E-state index in [9.17, 15) is 4.79 Å². The lowest BCUT2D eigenvalue weighted by Crippen LogP contribution is -2.38. The van der Waals surface area contributed by atoms with Crippen molar-refractivity contribution in [3.8, 4) is 0 Å².